The topological polar surface area (TPSA) is 39.2 Å². The average Bonchev–Trinajstić information content (AvgIpc) is 2.26. The normalized spacial score (nSPS) is 11.8. The summed E-state index contributed by atoms with van der Waals surface area (Å²) in [7, 11) is 0. The molecular weight excluding hydrogens is 400 g/mol. The van der Waals surface area contributed by atoms with Gasteiger partial charge in [-0.3, -0.25) is 4.79 Å². The fourth-order valence-electron chi connectivity index (χ4n) is 1.54. The number of rotatable bonds is 4. The highest BCUT2D eigenvalue weighted by Crippen LogP contribution is 2.38. The Morgan fingerprint density at radius 1 is 1.45 bits per heavy atom. The summed E-state index contributed by atoms with van der Waals surface area (Å²) < 4.78 is 68.5. The van der Waals surface area contributed by atoms with Crippen LogP contribution < -0.4 is 0 Å². The van der Waals surface area contributed by atoms with E-state index >= 15 is 0 Å². The van der Waals surface area contributed by atoms with E-state index in [0.717, 1.165) is 0 Å². The van der Waals surface area contributed by atoms with Gasteiger partial charge in [-0.05, 0) is 35.6 Å². The molecule has 20 heavy (non-hydrogen) atoms. The Bertz CT molecular complexity index is 504. The summed E-state index contributed by atoms with van der Waals surface area (Å²) in [6.07, 6.45) is -9.06. The lowest BCUT2D eigenvalue weighted by molar-refractivity contribution is -0.143. The van der Waals surface area contributed by atoms with E-state index in [1.54, 1.807) is 0 Å². The molecule has 0 saturated carbocycles. The molecule has 0 aliphatic rings. The number of pyridine rings is 1. The van der Waals surface area contributed by atoms with Crippen LogP contribution in [0.2, 0.25) is 0 Å². The maximum atomic E-state index is 12.9. The predicted octanol–water partition coefficient (Wildman–Crippen LogP) is 3.75. The largest absolute Gasteiger partial charge is 0.466 e. The van der Waals surface area contributed by atoms with Gasteiger partial charge in [0.2, 0.25) is 0 Å². The highest BCUT2D eigenvalue weighted by atomic mass is 127. The van der Waals surface area contributed by atoms with E-state index in [0.29, 0.717) is 6.07 Å². The van der Waals surface area contributed by atoms with Crippen molar-refractivity contribution in [2.75, 3.05) is 6.61 Å². The minimum Gasteiger partial charge on any atom is -0.466 e. The zero-order valence-electron chi connectivity index (χ0n) is 10.1. The van der Waals surface area contributed by atoms with Crippen LogP contribution in [0.15, 0.2) is 6.07 Å². The Labute approximate surface area is 124 Å². The molecule has 0 aliphatic heterocycles. The van der Waals surface area contributed by atoms with Crippen LogP contribution in [0.4, 0.5) is 22.0 Å². The van der Waals surface area contributed by atoms with E-state index in [9.17, 15) is 26.7 Å². The van der Waals surface area contributed by atoms with E-state index in [1.165, 1.54) is 29.5 Å². The molecule has 0 fully saturated rings. The summed E-state index contributed by atoms with van der Waals surface area (Å²) in [6, 6.07) is 0.525. The average molecular weight is 409 g/mol. The summed E-state index contributed by atoms with van der Waals surface area (Å²) in [6.45, 7) is 1.49. The summed E-state index contributed by atoms with van der Waals surface area (Å²) in [4.78, 5) is 14.9. The fourth-order valence-corrected chi connectivity index (χ4v) is 2.14. The molecule has 0 aromatic carbocycles. The van der Waals surface area contributed by atoms with Gasteiger partial charge in [-0.25, -0.2) is 13.8 Å². The van der Waals surface area contributed by atoms with Crippen molar-refractivity contribution in [3.63, 3.8) is 0 Å². The van der Waals surface area contributed by atoms with Crippen molar-refractivity contribution in [2.24, 2.45) is 0 Å². The van der Waals surface area contributed by atoms with Crippen LogP contribution >= 0.6 is 22.6 Å². The van der Waals surface area contributed by atoms with Gasteiger partial charge in [0.15, 0.2) is 0 Å². The predicted molar refractivity (Wildman–Crippen MR) is 67.2 cm³/mol. The van der Waals surface area contributed by atoms with E-state index in [1.807, 2.05) is 0 Å². The molecule has 1 aromatic rings. The van der Waals surface area contributed by atoms with Crippen LogP contribution in [0.1, 0.15) is 30.2 Å². The standard InChI is InChI=1S/C11H9F5INO2/c1-2-20-8(19)4-6-9(10(12)13)5(11(14,15)16)3-7(17)18-6/h3,10H,2,4H2,1H3. The lowest BCUT2D eigenvalue weighted by Crippen LogP contribution is -2.17. The molecule has 0 saturated heterocycles. The van der Waals surface area contributed by atoms with Crippen molar-refractivity contribution in [1.29, 1.82) is 0 Å². The fraction of sp³-hybridized carbons (Fsp3) is 0.455. The molecule has 1 aromatic heterocycles. The number of esters is 1. The molecule has 9 heteroatoms. The van der Waals surface area contributed by atoms with Crippen molar-refractivity contribution in [3.8, 4) is 0 Å². The second-order valence-electron chi connectivity index (χ2n) is 3.63. The lowest BCUT2D eigenvalue weighted by atomic mass is 10.0. The van der Waals surface area contributed by atoms with Crippen LogP contribution in [-0.4, -0.2) is 17.6 Å². The van der Waals surface area contributed by atoms with Gasteiger partial charge in [-0.1, -0.05) is 0 Å². The Morgan fingerprint density at radius 2 is 2.05 bits per heavy atom. The third kappa shape index (κ3) is 4.25. The van der Waals surface area contributed by atoms with Crippen LogP contribution in [0.5, 0.6) is 0 Å². The summed E-state index contributed by atoms with van der Waals surface area (Å²) in [5.74, 6) is -0.906. The number of alkyl halides is 5. The van der Waals surface area contributed by atoms with E-state index < -0.39 is 41.8 Å². The molecule has 0 bridgehead atoms. The molecule has 1 heterocycles. The minimum absolute atomic E-state index is 0.00109. The third-order valence-electron chi connectivity index (χ3n) is 2.25. The Hall–Kier alpha value is -1.00. The lowest BCUT2D eigenvalue weighted by Gasteiger charge is -2.16. The smallest absolute Gasteiger partial charge is 0.417 e. The molecule has 0 spiro atoms. The van der Waals surface area contributed by atoms with Gasteiger partial charge >= 0.3 is 12.1 Å². The van der Waals surface area contributed by atoms with Gasteiger partial charge in [-0.15, -0.1) is 0 Å². The van der Waals surface area contributed by atoms with Gasteiger partial charge in [0.25, 0.3) is 6.43 Å². The summed E-state index contributed by atoms with van der Waals surface area (Å²) in [5, 5.41) is 0. The first kappa shape index (κ1) is 17.1. The Balaban J connectivity index is 3.35. The molecule has 1 rings (SSSR count). The molecule has 3 nitrogen and oxygen atoms in total. The summed E-state index contributed by atoms with van der Waals surface area (Å²) >= 11 is 1.47. The number of carbonyl (C=O) groups is 1. The molecule has 0 amide bonds. The number of nitrogens with zero attached hydrogens (tertiary/aromatic N) is 1. The Morgan fingerprint density at radius 3 is 2.50 bits per heavy atom. The van der Waals surface area contributed by atoms with Gasteiger partial charge in [-0.2, -0.15) is 13.2 Å². The zero-order chi connectivity index (χ0) is 15.5. The van der Waals surface area contributed by atoms with Crippen LogP contribution in [0, 0.1) is 3.70 Å². The first-order valence-electron chi connectivity index (χ1n) is 5.37. The highest BCUT2D eigenvalue weighted by molar-refractivity contribution is 14.1. The monoisotopic (exact) mass is 409 g/mol. The van der Waals surface area contributed by atoms with Crippen molar-refractivity contribution in [1.82, 2.24) is 4.98 Å². The molecule has 0 N–H and O–H groups in total. The van der Waals surface area contributed by atoms with Gasteiger partial charge in [0.05, 0.1) is 29.8 Å². The molecular formula is C11H9F5INO2. The number of hydrogen-bond acceptors (Lipinski definition) is 3. The second kappa shape index (κ2) is 6.64. The summed E-state index contributed by atoms with van der Waals surface area (Å²) in [5.41, 5.74) is -3.37. The Kier molecular flexibility index (Phi) is 5.66. The molecule has 0 unspecified atom stereocenters. The number of carbonyl (C=O) groups excluding carboxylic acids is 1. The SMILES string of the molecule is CCOC(=O)Cc1nc(I)cc(C(F)(F)F)c1C(F)F. The second-order valence-corrected chi connectivity index (χ2v) is 4.74. The number of aromatic nitrogens is 1. The molecule has 112 valence electrons. The highest BCUT2D eigenvalue weighted by Gasteiger charge is 2.38. The van der Waals surface area contributed by atoms with Crippen molar-refractivity contribution >= 4 is 28.6 Å². The zero-order valence-corrected chi connectivity index (χ0v) is 12.3. The van der Waals surface area contributed by atoms with Crippen LogP contribution in [0.3, 0.4) is 0 Å². The maximum absolute atomic E-state index is 12.9. The molecule has 0 aliphatic carbocycles. The van der Waals surface area contributed by atoms with E-state index in [-0.39, 0.29) is 10.3 Å². The van der Waals surface area contributed by atoms with E-state index in [2.05, 4.69) is 9.72 Å². The van der Waals surface area contributed by atoms with Gasteiger partial charge < -0.3 is 4.74 Å². The van der Waals surface area contributed by atoms with E-state index in [4.69, 9.17) is 0 Å². The minimum atomic E-state index is -4.95. The van der Waals surface area contributed by atoms with Crippen LogP contribution in [0.25, 0.3) is 0 Å². The number of halogens is 6. The quantitative estimate of drug-likeness (QED) is 0.329. The van der Waals surface area contributed by atoms with Gasteiger partial charge in [0.1, 0.15) is 3.70 Å². The maximum Gasteiger partial charge on any atom is 0.417 e. The molecule has 0 radical (unpaired) electrons. The first-order valence-corrected chi connectivity index (χ1v) is 6.45. The van der Waals surface area contributed by atoms with Crippen molar-refractivity contribution in [3.05, 3.63) is 26.6 Å². The third-order valence-corrected chi connectivity index (χ3v) is 2.80. The number of hydrogen-bond donors (Lipinski definition) is 0. The van der Waals surface area contributed by atoms with Crippen molar-refractivity contribution < 1.29 is 31.5 Å². The first-order chi connectivity index (χ1) is 9.16. The van der Waals surface area contributed by atoms with Gasteiger partial charge in [0, 0.05) is 0 Å². The number of ether oxygens (including phenoxy) is 1. The van der Waals surface area contributed by atoms with Crippen molar-refractivity contribution in [2.45, 2.75) is 25.9 Å². The van der Waals surface area contributed by atoms with Crippen LogP contribution in [-0.2, 0) is 22.1 Å². The molecule has 0 atom stereocenters.